The highest BCUT2D eigenvalue weighted by molar-refractivity contribution is 6.62. The molecule has 1 aliphatic heterocycles. The number of halogens is 1. The van der Waals surface area contributed by atoms with Gasteiger partial charge in [-0.3, -0.25) is 0 Å². The number of hydrogen-bond acceptors (Lipinski definition) is 4. The molecule has 0 N–H and O–H groups in total. The Morgan fingerprint density at radius 2 is 1.81 bits per heavy atom. The van der Waals surface area contributed by atoms with Crippen LogP contribution >= 0.6 is 11.6 Å². The van der Waals surface area contributed by atoms with Gasteiger partial charge in [0.25, 0.3) is 0 Å². The lowest BCUT2D eigenvalue weighted by Gasteiger charge is -2.32. The summed E-state index contributed by atoms with van der Waals surface area (Å²) < 4.78 is 13.7. The molecule has 0 unspecified atom stereocenters. The maximum Gasteiger partial charge on any atom is 0.498 e. The van der Waals surface area contributed by atoms with Gasteiger partial charge in [-0.1, -0.05) is 17.7 Å². The minimum Gasteiger partial charge on any atom is -0.399 e. The van der Waals surface area contributed by atoms with Crippen LogP contribution in [0.25, 0.3) is 5.82 Å². The molecule has 3 heterocycles. The molecule has 3 rings (SSSR count). The van der Waals surface area contributed by atoms with Gasteiger partial charge < -0.3 is 9.31 Å². The van der Waals surface area contributed by atoms with Crippen molar-refractivity contribution >= 4 is 24.2 Å². The third-order valence-corrected chi connectivity index (χ3v) is 4.27. The molecule has 7 heteroatoms. The zero-order valence-corrected chi connectivity index (χ0v) is 13.3. The van der Waals surface area contributed by atoms with Gasteiger partial charge in [-0.05, 0) is 39.8 Å². The molecule has 0 bridgehead atoms. The summed E-state index contributed by atoms with van der Waals surface area (Å²) in [5.41, 5.74) is 0.123. The Labute approximate surface area is 129 Å². The van der Waals surface area contributed by atoms with E-state index >= 15 is 0 Å². The first-order valence-electron chi connectivity index (χ1n) is 6.82. The molecule has 0 saturated carbocycles. The predicted molar refractivity (Wildman–Crippen MR) is 82.1 cm³/mol. The van der Waals surface area contributed by atoms with Gasteiger partial charge in [0.1, 0.15) is 5.15 Å². The first kappa shape index (κ1) is 14.6. The fourth-order valence-corrected chi connectivity index (χ4v) is 2.25. The molecule has 1 fully saturated rings. The maximum absolute atomic E-state index is 6.00. The van der Waals surface area contributed by atoms with Crippen molar-refractivity contribution in [2.45, 2.75) is 38.9 Å². The molecule has 0 atom stereocenters. The standard InChI is InChI=1S/C14H17BClN3O2/c1-13(2)14(3,4)21-15(20-13)10-8-17-19(9-10)12-7-5-6-11(16)18-12/h5-9H,1-4H3. The number of hydrogen-bond donors (Lipinski definition) is 0. The summed E-state index contributed by atoms with van der Waals surface area (Å²) in [5.74, 6) is 0.658. The Kier molecular flexibility index (Phi) is 3.35. The third-order valence-electron chi connectivity index (χ3n) is 4.06. The van der Waals surface area contributed by atoms with Crippen molar-refractivity contribution in [3.63, 3.8) is 0 Å². The normalized spacial score (nSPS) is 20.0. The Hall–Kier alpha value is -1.37. The van der Waals surface area contributed by atoms with Gasteiger partial charge in [-0.15, -0.1) is 0 Å². The minimum atomic E-state index is -0.428. The first-order chi connectivity index (χ1) is 9.78. The molecule has 0 aromatic carbocycles. The van der Waals surface area contributed by atoms with Crippen LogP contribution in [-0.4, -0.2) is 33.1 Å². The van der Waals surface area contributed by atoms with Crippen LogP contribution in [0, 0.1) is 0 Å². The SMILES string of the molecule is CC1(C)OB(c2cnn(-c3cccc(Cl)n3)c2)OC1(C)C. The molecule has 0 spiro atoms. The average Bonchev–Trinajstić information content (AvgIpc) is 2.93. The molecule has 0 amide bonds. The zero-order valence-electron chi connectivity index (χ0n) is 12.5. The second-order valence-corrected chi connectivity index (χ2v) is 6.51. The van der Waals surface area contributed by atoms with Crippen molar-refractivity contribution in [3.05, 3.63) is 35.7 Å². The molecule has 5 nitrogen and oxygen atoms in total. The van der Waals surface area contributed by atoms with E-state index in [4.69, 9.17) is 20.9 Å². The molecule has 21 heavy (non-hydrogen) atoms. The molecule has 0 aliphatic carbocycles. The molecule has 2 aromatic rings. The molecular weight excluding hydrogens is 288 g/mol. The highest BCUT2D eigenvalue weighted by Gasteiger charge is 2.52. The Balaban J connectivity index is 1.87. The maximum atomic E-state index is 6.00. The fourth-order valence-electron chi connectivity index (χ4n) is 2.09. The second kappa shape index (κ2) is 4.83. The Morgan fingerprint density at radius 3 is 2.43 bits per heavy atom. The molecule has 110 valence electrons. The number of pyridine rings is 1. The van der Waals surface area contributed by atoms with Crippen LogP contribution in [0.15, 0.2) is 30.6 Å². The summed E-state index contributed by atoms with van der Waals surface area (Å²) in [7, 11) is -0.428. The van der Waals surface area contributed by atoms with E-state index in [1.165, 1.54) is 0 Å². The molecule has 1 saturated heterocycles. The topological polar surface area (TPSA) is 49.2 Å². The molecule has 1 aliphatic rings. The van der Waals surface area contributed by atoms with Gasteiger partial charge >= 0.3 is 7.12 Å². The Morgan fingerprint density at radius 1 is 1.14 bits per heavy atom. The largest absolute Gasteiger partial charge is 0.498 e. The summed E-state index contributed by atoms with van der Waals surface area (Å²) in [6, 6.07) is 5.40. The van der Waals surface area contributed by atoms with Crippen LogP contribution < -0.4 is 5.46 Å². The van der Waals surface area contributed by atoms with Gasteiger partial charge in [0.15, 0.2) is 5.82 Å². The number of rotatable bonds is 2. The Bertz CT molecular complexity index is 656. The summed E-state index contributed by atoms with van der Waals surface area (Å²) >= 11 is 5.90. The van der Waals surface area contributed by atoms with Crippen LogP contribution in [0.3, 0.4) is 0 Å². The van der Waals surface area contributed by atoms with Crippen molar-refractivity contribution in [1.29, 1.82) is 0 Å². The van der Waals surface area contributed by atoms with E-state index in [0.717, 1.165) is 5.46 Å². The smallest absolute Gasteiger partial charge is 0.399 e. The van der Waals surface area contributed by atoms with Crippen molar-refractivity contribution in [2.24, 2.45) is 0 Å². The third kappa shape index (κ3) is 2.59. The number of nitrogens with zero attached hydrogens (tertiary/aromatic N) is 3. The lowest BCUT2D eigenvalue weighted by molar-refractivity contribution is 0.00578. The summed E-state index contributed by atoms with van der Waals surface area (Å²) in [6.07, 6.45) is 3.57. The molecule has 2 aromatic heterocycles. The molecule has 0 radical (unpaired) electrons. The van der Waals surface area contributed by atoms with E-state index in [0.29, 0.717) is 11.0 Å². The van der Waals surface area contributed by atoms with Gasteiger partial charge in [0.2, 0.25) is 0 Å². The van der Waals surface area contributed by atoms with E-state index in [-0.39, 0.29) is 11.2 Å². The van der Waals surface area contributed by atoms with Gasteiger partial charge in [-0.25, -0.2) is 9.67 Å². The predicted octanol–water partition coefficient (Wildman–Crippen LogP) is 2.22. The van der Waals surface area contributed by atoms with Crippen LogP contribution in [0.4, 0.5) is 0 Å². The highest BCUT2D eigenvalue weighted by atomic mass is 35.5. The van der Waals surface area contributed by atoms with Crippen molar-refractivity contribution in [2.75, 3.05) is 0 Å². The number of aromatic nitrogens is 3. The minimum absolute atomic E-state index is 0.367. The summed E-state index contributed by atoms with van der Waals surface area (Å²) in [5, 5.41) is 4.73. The fraction of sp³-hybridized carbons (Fsp3) is 0.429. The summed E-state index contributed by atoms with van der Waals surface area (Å²) in [4.78, 5) is 4.22. The van der Waals surface area contributed by atoms with Gasteiger partial charge in [-0.2, -0.15) is 5.10 Å². The van der Waals surface area contributed by atoms with Crippen LogP contribution in [0.1, 0.15) is 27.7 Å². The second-order valence-electron chi connectivity index (χ2n) is 6.12. The van der Waals surface area contributed by atoms with Crippen molar-refractivity contribution in [3.8, 4) is 5.82 Å². The van der Waals surface area contributed by atoms with E-state index < -0.39 is 7.12 Å². The van der Waals surface area contributed by atoms with Crippen LogP contribution in [-0.2, 0) is 9.31 Å². The van der Waals surface area contributed by atoms with E-state index in [2.05, 4.69) is 10.1 Å². The van der Waals surface area contributed by atoms with Gasteiger partial charge in [0, 0.05) is 17.9 Å². The van der Waals surface area contributed by atoms with Crippen LogP contribution in [0.2, 0.25) is 5.15 Å². The van der Waals surface area contributed by atoms with E-state index in [1.807, 2.05) is 46.0 Å². The quantitative estimate of drug-likeness (QED) is 0.630. The monoisotopic (exact) mass is 305 g/mol. The van der Waals surface area contributed by atoms with Crippen molar-refractivity contribution in [1.82, 2.24) is 14.8 Å². The highest BCUT2D eigenvalue weighted by Crippen LogP contribution is 2.36. The lowest BCUT2D eigenvalue weighted by atomic mass is 9.82. The van der Waals surface area contributed by atoms with E-state index in [1.54, 1.807) is 16.9 Å². The molecular formula is C14H17BClN3O2. The lowest BCUT2D eigenvalue weighted by Crippen LogP contribution is -2.41. The summed E-state index contributed by atoms with van der Waals surface area (Å²) in [6.45, 7) is 8.10. The first-order valence-corrected chi connectivity index (χ1v) is 7.19. The van der Waals surface area contributed by atoms with E-state index in [9.17, 15) is 0 Å². The zero-order chi connectivity index (χ0) is 15.3. The van der Waals surface area contributed by atoms with Gasteiger partial charge in [0.05, 0.1) is 11.2 Å². The van der Waals surface area contributed by atoms with Crippen LogP contribution in [0.5, 0.6) is 0 Å². The van der Waals surface area contributed by atoms with Crippen molar-refractivity contribution < 1.29 is 9.31 Å². The average molecular weight is 306 g/mol.